The zero-order valence-electron chi connectivity index (χ0n) is 25.8. The normalized spacial score (nSPS) is 11.3. The fourth-order valence-corrected chi connectivity index (χ4v) is 6.12. The molecule has 0 atom stereocenters. The van der Waals surface area contributed by atoms with E-state index in [1.165, 1.54) is 0 Å². The van der Waals surface area contributed by atoms with Gasteiger partial charge in [-0.25, -0.2) is 13.8 Å². The molecule has 3 heterocycles. The molecule has 0 saturated heterocycles. The van der Waals surface area contributed by atoms with Gasteiger partial charge < -0.3 is 9.30 Å². The van der Waals surface area contributed by atoms with Crippen LogP contribution >= 0.6 is 0 Å². The molecule has 7 rings (SSSR count). The monoisotopic (exact) mass is 791 g/mol. The van der Waals surface area contributed by atoms with E-state index in [2.05, 4.69) is 45.0 Å². The fraction of sp³-hybridized carbons (Fsp3) is 0.158. The minimum Gasteiger partial charge on any atom is -0.509 e. The predicted molar refractivity (Wildman–Crippen MR) is 174 cm³/mol. The first-order valence-electron chi connectivity index (χ1n) is 14.8. The number of hydrogen-bond donors (Lipinski definition) is 0. The summed E-state index contributed by atoms with van der Waals surface area (Å²) >= 11 is 0. The maximum absolute atomic E-state index is 14.3. The van der Waals surface area contributed by atoms with Gasteiger partial charge in [0.25, 0.3) is 0 Å². The number of fused-ring (bicyclic) bond motifs is 3. The molecule has 0 aliphatic rings. The Hall–Kier alpha value is -4.61. The van der Waals surface area contributed by atoms with Gasteiger partial charge in [-0.3, -0.25) is 4.68 Å². The molecule has 0 fully saturated rings. The first kappa shape index (κ1) is 31.4. The van der Waals surface area contributed by atoms with Gasteiger partial charge >= 0.3 is 21.1 Å². The molecule has 0 radical (unpaired) electrons. The van der Waals surface area contributed by atoms with Gasteiger partial charge in [0.15, 0.2) is 0 Å². The van der Waals surface area contributed by atoms with E-state index >= 15 is 0 Å². The third-order valence-corrected chi connectivity index (χ3v) is 8.68. The third-order valence-electron chi connectivity index (χ3n) is 8.68. The molecule has 3 aromatic heterocycles. The number of aromatic nitrogens is 4. The maximum atomic E-state index is 14.3. The molecular weight excluding hydrogens is 762 g/mol. The van der Waals surface area contributed by atoms with Gasteiger partial charge in [0, 0.05) is 35.0 Å². The summed E-state index contributed by atoms with van der Waals surface area (Å²) in [6.07, 6.45) is 5.23. The smallest absolute Gasteiger partial charge is 0.509 e. The van der Waals surface area contributed by atoms with Crippen molar-refractivity contribution in [1.29, 1.82) is 0 Å². The molecule has 232 valence electrons. The molecule has 0 N–H and O–H groups in total. The van der Waals surface area contributed by atoms with Crippen molar-refractivity contribution in [1.82, 2.24) is 19.3 Å². The van der Waals surface area contributed by atoms with Crippen molar-refractivity contribution in [3.63, 3.8) is 0 Å². The molecule has 0 aliphatic carbocycles. The van der Waals surface area contributed by atoms with Crippen LogP contribution in [0.5, 0.6) is 11.5 Å². The van der Waals surface area contributed by atoms with E-state index in [-0.39, 0.29) is 21.1 Å². The van der Waals surface area contributed by atoms with Gasteiger partial charge in [-0.05, 0) is 95.9 Å². The van der Waals surface area contributed by atoms with E-state index in [4.69, 9.17) is 4.74 Å². The van der Waals surface area contributed by atoms with Crippen LogP contribution < -0.4 is 4.74 Å². The molecule has 5 nitrogen and oxygen atoms in total. The van der Waals surface area contributed by atoms with Gasteiger partial charge in [-0.15, -0.1) is 35.7 Å². The van der Waals surface area contributed by atoms with Crippen LogP contribution in [0.2, 0.25) is 0 Å². The number of aryl methyl sites for hydroxylation is 1. The van der Waals surface area contributed by atoms with Crippen molar-refractivity contribution in [2.24, 2.45) is 0 Å². The molecule has 46 heavy (non-hydrogen) atoms. The Balaban J connectivity index is 0.00000372. The fourth-order valence-electron chi connectivity index (χ4n) is 6.12. The second-order valence-corrected chi connectivity index (χ2v) is 11.3. The average Bonchev–Trinajstić information content (AvgIpc) is 3.67. The second-order valence-electron chi connectivity index (χ2n) is 11.3. The minimum atomic E-state index is -0.685. The van der Waals surface area contributed by atoms with Crippen LogP contribution in [0.25, 0.3) is 44.4 Å². The molecule has 0 amide bonds. The Kier molecular flexibility index (Phi) is 8.63. The summed E-state index contributed by atoms with van der Waals surface area (Å²) < 4.78 is 38.6. The summed E-state index contributed by atoms with van der Waals surface area (Å²) in [5.41, 5.74) is 8.43. The third kappa shape index (κ3) is 5.33. The van der Waals surface area contributed by atoms with Crippen LogP contribution in [0.1, 0.15) is 33.4 Å². The van der Waals surface area contributed by atoms with Crippen LogP contribution in [0.3, 0.4) is 0 Å². The summed E-state index contributed by atoms with van der Waals surface area (Å²) in [5, 5.41) is 6.68. The average molecular weight is 792 g/mol. The van der Waals surface area contributed by atoms with E-state index in [1.54, 1.807) is 17.1 Å². The van der Waals surface area contributed by atoms with Crippen LogP contribution in [-0.4, -0.2) is 19.3 Å². The zero-order chi connectivity index (χ0) is 31.2. The Morgan fingerprint density at radius 2 is 1.52 bits per heavy atom. The Morgan fingerprint density at radius 1 is 0.783 bits per heavy atom. The number of hydrogen-bond acceptors (Lipinski definition) is 3. The summed E-state index contributed by atoms with van der Waals surface area (Å²) in [5.74, 6) is 1.82. The van der Waals surface area contributed by atoms with E-state index < -0.39 is 13.3 Å². The van der Waals surface area contributed by atoms with Gasteiger partial charge in [0.05, 0.1) is 6.20 Å². The predicted octanol–water partition coefficient (Wildman–Crippen LogP) is 9.59. The van der Waals surface area contributed by atoms with Crippen LogP contribution in [0, 0.1) is 39.8 Å². The molecule has 0 saturated carbocycles. The van der Waals surface area contributed by atoms with Gasteiger partial charge in [0.2, 0.25) is 0 Å². The Morgan fingerprint density at radius 3 is 2.26 bits per heavy atom. The van der Waals surface area contributed by atoms with Gasteiger partial charge in [-0.2, -0.15) is 17.2 Å². The van der Waals surface area contributed by atoms with Crippen molar-refractivity contribution in [3.8, 4) is 34.1 Å². The van der Waals surface area contributed by atoms with Crippen LogP contribution in [-0.2, 0) is 34.4 Å². The van der Waals surface area contributed by atoms with Crippen molar-refractivity contribution >= 4 is 21.8 Å². The molecule has 0 spiro atoms. The Bertz CT molecular complexity index is 2210. The quantitative estimate of drug-likeness (QED) is 0.151. The van der Waals surface area contributed by atoms with Gasteiger partial charge in [-0.1, -0.05) is 23.7 Å². The van der Waals surface area contributed by atoms with Crippen molar-refractivity contribution < 1.29 is 34.6 Å². The summed E-state index contributed by atoms with van der Waals surface area (Å²) in [6.45, 7) is 6.35. The summed E-state index contributed by atoms with van der Waals surface area (Å²) in [7, 11) is 0. The molecular formula is C38H30F2N4OPt. The largest absolute Gasteiger partial charge is 2.00 e. The molecule has 0 bridgehead atoms. The van der Waals surface area contributed by atoms with Crippen molar-refractivity contribution in [3.05, 3.63) is 131 Å². The van der Waals surface area contributed by atoms with Crippen molar-refractivity contribution in [2.45, 2.75) is 41.0 Å². The number of pyridine rings is 1. The van der Waals surface area contributed by atoms with E-state index in [0.717, 1.165) is 49.9 Å². The number of ether oxygens (including phenoxy) is 1. The number of rotatable bonds is 7. The summed E-state index contributed by atoms with van der Waals surface area (Å²) in [6, 6.07) is 28.5. The Labute approximate surface area is 280 Å². The van der Waals surface area contributed by atoms with E-state index in [1.807, 2.05) is 82.4 Å². The molecule has 8 heteroatoms. The minimum absolute atomic E-state index is 0. The maximum Gasteiger partial charge on any atom is 2.00 e. The van der Waals surface area contributed by atoms with Crippen molar-refractivity contribution in [2.75, 3.05) is 0 Å². The topological polar surface area (TPSA) is 44.9 Å². The van der Waals surface area contributed by atoms with E-state index in [0.29, 0.717) is 39.4 Å². The standard InChI is InChI=1S/C38H30F2N4O.Pt/c1-23-14-15-41-37(16-23)44-35-11-6-5-10-31(35)32-13-12-30(18-36(32)44)45-29-9-7-8-28(17-29)43-22-27(21-42-43)38-33(19-39)25(3)24(2)26(4)34(38)20-40;/h5-16,21-22H,19-20H2,1-4H3;/q-2;+2. The first-order chi connectivity index (χ1) is 21.9. The number of benzene rings is 4. The van der Waals surface area contributed by atoms with Crippen LogP contribution in [0.4, 0.5) is 8.78 Å². The molecule has 4 aromatic carbocycles. The molecule has 0 aliphatic heterocycles. The number of alkyl halides is 2. The second kappa shape index (κ2) is 12.6. The zero-order valence-corrected chi connectivity index (χ0v) is 28.0. The SMILES string of the molecule is Cc1ccnc(-n2c3[c-]c(Oc4[c-]c(-n5cc(-c6c(CF)c(C)c(C)c(C)c6CF)cn5)ccc4)ccc3c3ccccc32)c1.[Pt+2]. The van der Waals surface area contributed by atoms with Crippen LogP contribution in [0.15, 0.2) is 85.3 Å². The molecule has 7 aromatic rings. The number of halogens is 2. The van der Waals surface area contributed by atoms with E-state index in [9.17, 15) is 8.78 Å². The van der Waals surface area contributed by atoms with Gasteiger partial charge in [0.1, 0.15) is 19.2 Å². The first-order valence-corrected chi connectivity index (χ1v) is 14.8. The number of nitrogens with zero attached hydrogens (tertiary/aromatic N) is 4. The number of para-hydroxylation sites is 1. The summed E-state index contributed by atoms with van der Waals surface area (Å²) in [4.78, 5) is 4.65. The molecule has 0 unspecified atom stereocenters.